The van der Waals surface area contributed by atoms with Crippen molar-refractivity contribution in [3.8, 4) is 5.75 Å². The number of fused-ring (bicyclic) bond motifs is 3. The maximum atomic E-state index is 14.2. The number of nitrogens with two attached hydrogens (primary N) is 1. The third-order valence-electron chi connectivity index (χ3n) is 9.88. The lowest BCUT2D eigenvalue weighted by Crippen LogP contribution is -2.65. The van der Waals surface area contributed by atoms with E-state index < -0.39 is 63.8 Å². The zero-order valence-electron chi connectivity index (χ0n) is 26.5. The molecule has 1 aliphatic heterocycles. The highest BCUT2D eigenvalue weighted by Crippen LogP contribution is 2.54. The molecule has 248 valence electrons. The second-order valence-corrected chi connectivity index (χ2v) is 13.2. The van der Waals surface area contributed by atoms with Crippen molar-refractivity contribution in [3.05, 3.63) is 64.2 Å². The number of likely N-dealkylation sites (tertiary alicyclic amines) is 1. The Kier molecular flexibility index (Phi) is 7.85. The number of ketones is 2. The number of nitrogens with zero attached hydrogens (tertiary/aromatic N) is 4. The Labute approximate surface area is 270 Å². The maximum absolute atomic E-state index is 14.2. The van der Waals surface area contributed by atoms with Gasteiger partial charge in [0.2, 0.25) is 11.7 Å². The van der Waals surface area contributed by atoms with Crippen molar-refractivity contribution in [1.29, 1.82) is 0 Å². The summed E-state index contributed by atoms with van der Waals surface area (Å²) in [5, 5.41) is 48.9. The number of carbonyl (C=O) groups excluding carboxylic acids is 4. The Balaban J connectivity index is 1.36. The molecular formula is C33H38N6O8. The summed E-state index contributed by atoms with van der Waals surface area (Å²) in [5.74, 6) is -8.00. The number of aliphatic hydroxyl groups is 3. The van der Waals surface area contributed by atoms with Gasteiger partial charge in [0.15, 0.2) is 11.4 Å². The van der Waals surface area contributed by atoms with Crippen molar-refractivity contribution in [2.45, 2.75) is 31.0 Å². The van der Waals surface area contributed by atoms with E-state index in [9.17, 15) is 39.6 Å². The van der Waals surface area contributed by atoms with Crippen LogP contribution in [0.3, 0.4) is 0 Å². The highest BCUT2D eigenvalue weighted by molar-refractivity contribution is 6.24. The van der Waals surface area contributed by atoms with Gasteiger partial charge in [0.25, 0.3) is 5.91 Å². The summed E-state index contributed by atoms with van der Waals surface area (Å²) in [7, 11) is 6.62. The van der Waals surface area contributed by atoms with Gasteiger partial charge in [-0.3, -0.25) is 34.0 Å². The van der Waals surface area contributed by atoms with Gasteiger partial charge in [-0.2, -0.15) is 0 Å². The molecule has 1 saturated carbocycles. The number of primary amides is 1. The van der Waals surface area contributed by atoms with E-state index in [1.54, 1.807) is 45.4 Å². The molecule has 47 heavy (non-hydrogen) atoms. The molecule has 1 unspecified atom stereocenters. The lowest BCUT2D eigenvalue weighted by molar-refractivity contribution is -0.153. The number of hydrogen-bond acceptors (Lipinski definition) is 12. The number of rotatable bonds is 7. The highest BCUT2D eigenvalue weighted by atomic mass is 16.3. The Bertz CT molecular complexity index is 1760. The molecule has 4 aliphatic rings. The SMILES string of the molecule is CN(C)c1cc(NC(=O)C2CN(Cc3ccccn3)C2)c(O)c2c1C[C@H]1CC3[C@H](N(C)C)C(=O)C(C(N)=O)=C(O)[C@@]3(O)C(=O)C1=C2O. The number of aliphatic hydroxyl groups excluding tert-OH is 2. The predicted octanol–water partition coefficient (Wildman–Crippen LogP) is 0.496. The molecule has 14 nitrogen and oxygen atoms in total. The van der Waals surface area contributed by atoms with E-state index in [1.807, 2.05) is 18.2 Å². The number of phenolic OH excluding ortho intramolecular Hbond substituents is 1. The number of hydrogen-bond donors (Lipinski definition) is 6. The average Bonchev–Trinajstić information content (AvgIpc) is 2.97. The van der Waals surface area contributed by atoms with Crippen LogP contribution in [0.5, 0.6) is 5.75 Å². The molecule has 0 spiro atoms. The summed E-state index contributed by atoms with van der Waals surface area (Å²) < 4.78 is 0. The normalized spacial score (nSPS) is 26.0. The fourth-order valence-corrected chi connectivity index (χ4v) is 7.61. The van der Waals surface area contributed by atoms with Crippen LogP contribution in [0.1, 0.15) is 23.2 Å². The molecule has 2 aromatic rings. The van der Waals surface area contributed by atoms with Crippen LogP contribution in [0.15, 0.2) is 47.4 Å². The van der Waals surface area contributed by atoms with Gasteiger partial charge in [0, 0.05) is 57.1 Å². The largest absolute Gasteiger partial charge is 0.508 e. The number of aromatic hydroxyl groups is 1. The number of aromatic nitrogens is 1. The Morgan fingerprint density at radius 1 is 1.13 bits per heavy atom. The summed E-state index contributed by atoms with van der Waals surface area (Å²) in [4.78, 5) is 62.5. The molecule has 3 aliphatic carbocycles. The lowest BCUT2D eigenvalue weighted by Gasteiger charge is -2.50. The summed E-state index contributed by atoms with van der Waals surface area (Å²) in [5.41, 5.74) is 3.43. The molecular weight excluding hydrogens is 608 g/mol. The van der Waals surface area contributed by atoms with E-state index in [4.69, 9.17) is 5.73 Å². The quantitative estimate of drug-likeness (QED) is 0.179. The number of anilines is 2. The number of amides is 2. The molecule has 1 saturated heterocycles. The summed E-state index contributed by atoms with van der Waals surface area (Å²) in [6, 6.07) is 6.08. The van der Waals surface area contributed by atoms with E-state index in [1.165, 1.54) is 4.90 Å². The van der Waals surface area contributed by atoms with E-state index in [-0.39, 0.29) is 41.5 Å². The minimum atomic E-state index is -2.73. The van der Waals surface area contributed by atoms with Crippen molar-refractivity contribution in [2.75, 3.05) is 51.5 Å². The van der Waals surface area contributed by atoms with Gasteiger partial charge in [-0.05, 0) is 56.6 Å². The number of pyridine rings is 1. The topological polar surface area (TPSA) is 210 Å². The van der Waals surface area contributed by atoms with E-state index in [0.29, 0.717) is 30.9 Å². The van der Waals surface area contributed by atoms with E-state index >= 15 is 0 Å². The highest BCUT2D eigenvalue weighted by Gasteiger charge is 2.64. The van der Waals surface area contributed by atoms with Crippen LogP contribution in [0.25, 0.3) is 5.76 Å². The number of benzene rings is 1. The first-order valence-electron chi connectivity index (χ1n) is 15.3. The van der Waals surface area contributed by atoms with Crippen molar-refractivity contribution in [3.63, 3.8) is 0 Å². The number of likely N-dealkylation sites (N-methyl/N-ethyl adjacent to an activating group) is 1. The first-order valence-corrected chi connectivity index (χ1v) is 15.3. The molecule has 0 bridgehead atoms. The van der Waals surface area contributed by atoms with Crippen molar-refractivity contribution >= 4 is 40.5 Å². The molecule has 2 fully saturated rings. The second kappa shape index (κ2) is 11.5. The van der Waals surface area contributed by atoms with Gasteiger partial charge in [0.1, 0.15) is 22.8 Å². The van der Waals surface area contributed by atoms with Crippen LogP contribution in [0.2, 0.25) is 0 Å². The predicted molar refractivity (Wildman–Crippen MR) is 170 cm³/mol. The third kappa shape index (κ3) is 4.94. The first kappa shape index (κ1) is 32.2. The summed E-state index contributed by atoms with van der Waals surface area (Å²) in [6.07, 6.45) is 1.82. The summed E-state index contributed by atoms with van der Waals surface area (Å²) in [6.45, 7) is 1.57. The molecule has 4 atom stereocenters. The fourth-order valence-electron chi connectivity index (χ4n) is 7.61. The van der Waals surface area contributed by atoms with E-state index in [0.717, 1.165) is 5.69 Å². The number of Topliss-reactive ketones (excluding diaryl/α,β-unsaturated/α-hetero) is 2. The van der Waals surface area contributed by atoms with Crippen LogP contribution in [-0.2, 0) is 32.1 Å². The summed E-state index contributed by atoms with van der Waals surface area (Å²) >= 11 is 0. The molecule has 6 rings (SSSR count). The number of nitrogens with one attached hydrogen (secondary N) is 1. The Morgan fingerprint density at radius 3 is 2.43 bits per heavy atom. The third-order valence-corrected chi connectivity index (χ3v) is 9.88. The molecule has 0 radical (unpaired) electrons. The van der Waals surface area contributed by atoms with Crippen LogP contribution in [0.4, 0.5) is 11.4 Å². The van der Waals surface area contributed by atoms with Crippen molar-refractivity contribution in [1.82, 2.24) is 14.8 Å². The van der Waals surface area contributed by atoms with Gasteiger partial charge >= 0.3 is 0 Å². The molecule has 7 N–H and O–H groups in total. The molecule has 14 heteroatoms. The first-order chi connectivity index (χ1) is 22.2. The van der Waals surface area contributed by atoms with Gasteiger partial charge in [-0.1, -0.05) is 6.07 Å². The number of phenols is 1. The van der Waals surface area contributed by atoms with Gasteiger partial charge in [-0.15, -0.1) is 0 Å². The van der Waals surface area contributed by atoms with Crippen LogP contribution >= 0.6 is 0 Å². The van der Waals surface area contributed by atoms with E-state index in [2.05, 4.69) is 15.2 Å². The Morgan fingerprint density at radius 2 is 1.83 bits per heavy atom. The number of carbonyl (C=O) groups is 4. The molecule has 2 heterocycles. The van der Waals surface area contributed by atoms with Crippen molar-refractivity contribution < 1.29 is 39.6 Å². The lowest BCUT2D eigenvalue weighted by atomic mass is 9.57. The molecule has 1 aromatic heterocycles. The standard InChI is InChI=1S/C33H38N6O8/c1-37(2)21-11-20(36-32(46)16-12-39(13-16)14-17-7-5-6-8-35-17)26(40)23-18(21)9-15-10-19-25(38(3)4)28(42)24(31(34)45)30(44)33(19,47)29(43)22(15)27(23)41/h5-8,11,15-16,19,25,40-41,44,47H,9-10,12-14H2,1-4H3,(H2,34,45)(H,36,46)/t15-,19?,25-,33-/m0/s1. The zero-order valence-corrected chi connectivity index (χ0v) is 26.5. The minimum absolute atomic E-state index is 0.0193. The van der Waals surface area contributed by atoms with Gasteiger partial charge in [-0.25, -0.2) is 0 Å². The van der Waals surface area contributed by atoms with Crippen LogP contribution in [0, 0.1) is 17.8 Å². The van der Waals surface area contributed by atoms with Crippen molar-refractivity contribution in [2.24, 2.45) is 23.5 Å². The van der Waals surface area contributed by atoms with Gasteiger partial charge in [0.05, 0.1) is 28.9 Å². The van der Waals surface area contributed by atoms with Gasteiger partial charge < -0.3 is 36.4 Å². The van der Waals surface area contributed by atoms with Crippen LogP contribution in [-0.4, -0.2) is 112 Å². The van der Waals surface area contributed by atoms with Crippen LogP contribution < -0.4 is 16.0 Å². The fraction of sp³-hybridized carbons (Fsp3) is 0.424. The molecule has 1 aromatic carbocycles. The maximum Gasteiger partial charge on any atom is 0.255 e. The minimum Gasteiger partial charge on any atom is -0.508 e. The smallest absolute Gasteiger partial charge is 0.255 e. The monoisotopic (exact) mass is 646 g/mol. The zero-order chi connectivity index (χ0) is 34.1. The molecule has 2 amide bonds. The second-order valence-electron chi connectivity index (χ2n) is 13.2. The Hall–Kier alpha value is -4.79. The average molecular weight is 647 g/mol.